The number of carbonyl (C=O) groups is 1. The fourth-order valence-corrected chi connectivity index (χ4v) is 2.84. The second-order valence-corrected chi connectivity index (χ2v) is 5.45. The molecule has 0 bridgehead atoms. The number of carboxylic acids is 1. The monoisotopic (exact) mass is 252 g/mol. The highest BCUT2D eigenvalue weighted by molar-refractivity contribution is 5.73. The SMILES string of the molecule is CCC(C(=O)O)C1=CCCCCCCCCCC1. The molecule has 1 unspecified atom stereocenters. The molecule has 0 amide bonds. The van der Waals surface area contributed by atoms with E-state index < -0.39 is 5.97 Å². The molecule has 18 heavy (non-hydrogen) atoms. The van der Waals surface area contributed by atoms with E-state index in [0.717, 1.165) is 25.7 Å². The van der Waals surface area contributed by atoms with Gasteiger partial charge in [-0.1, -0.05) is 57.1 Å². The number of aliphatic carboxylic acids is 1. The highest BCUT2D eigenvalue weighted by atomic mass is 16.4. The van der Waals surface area contributed by atoms with Crippen LogP contribution in [0, 0.1) is 5.92 Å². The molecule has 0 aromatic rings. The van der Waals surface area contributed by atoms with Gasteiger partial charge in [-0.25, -0.2) is 0 Å². The molecule has 104 valence electrons. The predicted molar refractivity (Wildman–Crippen MR) is 75.7 cm³/mol. The van der Waals surface area contributed by atoms with Crippen LogP contribution in [0.4, 0.5) is 0 Å². The van der Waals surface area contributed by atoms with Crippen molar-refractivity contribution in [2.75, 3.05) is 0 Å². The van der Waals surface area contributed by atoms with Crippen molar-refractivity contribution in [3.63, 3.8) is 0 Å². The van der Waals surface area contributed by atoms with Gasteiger partial charge in [-0.3, -0.25) is 4.79 Å². The van der Waals surface area contributed by atoms with Gasteiger partial charge in [0.25, 0.3) is 0 Å². The summed E-state index contributed by atoms with van der Waals surface area (Å²) in [6.07, 6.45) is 15.3. The summed E-state index contributed by atoms with van der Waals surface area (Å²) >= 11 is 0. The van der Waals surface area contributed by atoms with Gasteiger partial charge in [0.2, 0.25) is 0 Å². The third-order valence-electron chi connectivity index (χ3n) is 3.98. The quantitative estimate of drug-likeness (QED) is 0.722. The van der Waals surface area contributed by atoms with Crippen LogP contribution in [0.2, 0.25) is 0 Å². The van der Waals surface area contributed by atoms with Crippen molar-refractivity contribution in [3.05, 3.63) is 11.6 Å². The van der Waals surface area contributed by atoms with E-state index in [1.165, 1.54) is 50.5 Å². The highest BCUT2D eigenvalue weighted by Gasteiger charge is 2.19. The van der Waals surface area contributed by atoms with Gasteiger partial charge in [0.1, 0.15) is 0 Å². The summed E-state index contributed by atoms with van der Waals surface area (Å²) in [6.45, 7) is 1.98. The lowest BCUT2D eigenvalue weighted by molar-refractivity contribution is -0.140. The normalized spacial score (nSPS) is 21.3. The fraction of sp³-hybridized carbons (Fsp3) is 0.812. The van der Waals surface area contributed by atoms with Crippen LogP contribution in [0.5, 0.6) is 0 Å². The second kappa shape index (κ2) is 9.18. The van der Waals surface area contributed by atoms with Crippen molar-refractivity contribution < 1.29 is 9.90 Å². The lowest BCUT2D eigenvalue weighted by Gasteiger charge is -2.16. The third-order valence-corrected chi connectivity index (χ3v) is 3.98. The Morgan fingerprint density at radius 3 is 2.22 bits per heavy atom. The number of rotatable bonds is 3. The molecular weight excluding hydrogens is 224 g/mol. The maximum absolute atomic E-state index is 11.3. The minimum atomic E-state index is -0.643. The standard InChI is InChI=1S/C16H28O2/c1-2-15(16(17)18)14-12-10-8-6-4-3-5-7-9-11-13-14/h12,15H,2-11,13H2,1H3,(H,17,18). The average Bonchev–Trinajstić information content (AvgIpc) is 2.32. The molecule has 0 aromatic carbocycles. The van der Waals surface area contributed by atoms with E-state index >= 15 is 0 Å². The van der Waals surface area contributed by atoms with E-state index in [1.807, 2.05) is 6.92 Å². The minimum absolute atomic E-state index is 0.243. The van der Waals surface area contributed by atoms with Crippen molar-refractivity contribution in [3.8, 4) is 0 Å². The Morgan fingerprint density at radius 2 is 1.67 bits per heavy atom. The molecule has 0 heterocycles. The van der Waals surface area contributed by atoms with Gasteiger partial charge in [-0.2, -0.15) is 0 Å². The Morgan fingerprint density at radius 1 is 1.11 bits per heavy atom. The van der Waals surface area contributed by atoms with E-state index in [0.29, 0.717) is 0 Å². The van der Waals surface area contributed by atoms with Crippen LogP contribution < -0.4 is 0 Å². The molecule has 1 aliphatic rings. The van der Waals surface area contributed by atoms with E-state index in [1.54, 1.807) is 0 Å². The molecular formula is C16H28O2. The van der Waals surface area contributed by atoms with Crippen molar-refractivity contribution in [1.29, 1.82) is 0 Å². The van der Waals surface area contributed by atoms with Crippen LogP contribution in [0.25, 0.3) is 0 Å². The number of carboxylic acid groups (broad SMARTS) is 1. The van der Waals surface area contributed by atoms with Crippen LogP contribution in [-0.2, 0) is 4.79 Å². The molecule has 1 rings (SSSR count). The van der Waals surface area contributed by atoms with Crippen LogP contribution in [0.15, 0.2) is 11.6 Å². The largest absolute Gasteiger partial charge is 0.481 e. The van der Waals surface area contributed by atoms with E-state index in [2.05, 4.69) is 6.08 Å². The van der Waals surface area contributed by atoms with Crippen molar-refractivity contribution in [2.45, 2.75) is 77.6 Å². The van der Waals surface area contributed by atoms with Crippen molar-refractivity contribution >= 4 is 5.97 Å². The highest BCUT2D eigenvalue weighted by Crippen LogP contribution is 2.24. The Balaban J connectivity index is 2.60. The second-order valence-electron chi connectivity index (χ2n) is 5.45. The molecule has 0 aromatic heterocycles. The zero-order valence-electron chi connectivity index (χ0n) is 11.8. The van der Waals surface area contributed by atoms with Gasteiger partial charge >= 0.3 is 5.97 Å². The summed E-state index contributed by atoms with van der Waals surface area (Å²) in [7, 11) is 0. The Kier molecular flexibility index (Phi) is 7.79. The van der Waals surface area contributed by atoms with Crippen molar-refractivity contribution in [2.24, 2.45) is 5.92 Å². The molecule has 1 N–H and O–H groups in total. The van der Waals surface area contributed by atoms with Crippen LogP contribution in [0.3, 0.4) is 0 Å². The lowest BCUT2D eigenvalue weighted by atomic mass is 9.90. The molecule has 1 aliphatic carbocycles. The molecule has 1 atom stereocenters. The molecule has 0 fully saturated rings. The number of allylic oxidation sites excluding steroid dienone is 1. The van der Waals surface area contributed by atoms with E-state index in [4.69, 9.17) is 0 Å². The topological polar surface area (TPSA) is 37.3 Å². The van der Waals surface area contributed by atoms with Crippen LogP contribution in [0.1, 0.15) is 77.6 Å². The molecule has 0 spiro atoms. The maximum atomic E-state index is 11.3. The first-order chi connectivity index (χ1) is 8.75. The number of hydrogen-bond donors (Lipinski definition) is 1. The first kappa shape index (κ1) is 15.3. The fourth-order valence-electron chi connectivity index (χ4n) is 2.84. The Hall–Kier alpha value is -0.790. The lowest BCUT2D eigenvalue weighted by Crippen LogP contribution is -2.15. The molecule has 0 saturated heterocycles. The zero-order chi connectivity index (χ0) is 13.2. The predicted octanol–water partition coefficient (Wildman–Crippen LogP) is 4.94. The van der Waals surface area contributed by atoms with Gasteiger partial charge in [0.15, 0.2) is 0 Å². The van der Waals surface area contributed by atoms with Crippen LogP contribution >= 0.6 is 0 Å². The average molecular weight is 252 g/mol. The van der Waals surface area contributed by atoms with E-state index in [9.17, 15) is 9.90 Å². The summed E-state index contributed by atoms with van der Waals surface area (Å²) in [6, 6.07) is 0. The van der Waals surface area contributed by atoms with Crippen LogP contribution in [-0.4, -0.2) is 11.1 Å². The summed E-state index contributed by atoms with van der Waals surface area (Å²) in [5.74, 6) is -0.885. The zero-order valence-corrected chi connectivity index (χ0v) is 11.8. The summed E-state index contributed by atoms with van der Waals surface area (Å²) < 4.78 is 0. The van der Waals surface area contributed by atoms with Crippen molar-refractivity contribution in [1.82, 2.24) is 0 Å². The molecule has 2 heteroatoms. The smallest absolute Gasteiger partial charge is 0.310 e. The Labute approximate surface area is 111 Å². The van der Waals surface area contributed by atoms with Gasteiger partial charge in [0.05, 0.1) is 5.92 Å². The summed E-state index contributed by atoms with van der Waals surface area (Å²) in [4.78, 5) is 11.3. The van der Waals surface area contributed by atoms with Gasteiger partial charge in [-0.15, -0.1) is 0 Å². The minimum Gasteiger partial charge on any atom is -0.481 e. The summed E-state index contributed by atoms with van der Waals surface area (Å²) in [5.41, 5.74) is 1.19. The first-order valence-corrected chi connectivity index (χ1v) is 7.67. The molecule has 2 nitrogen and oxygen atoms in total. The van der Waals surface area contributed by atoms with E-state index in [-0.39, 0.29) is 5.92 Å². The van der Waals surface area contributed by atoms with Gasteiger partial charge < -0.3 is 5.11 Å². The number of hydrogen-bond acceptors (Lipinski definition) is 1. The molecule has 0 radical (unpaired) electrons. The van der Waals surface area contributed by atoms with Gasteiger partial charge in [0, 0.05) is 0 Å². The molecule has 0 saturated carbocycles. The first-order valence-electron chi connectivity index (χ1n) is 7.67. The molecule has 0 aliphatic heterocycles. The Bertz CT molecular complexity index is 268. The van der Waals surface area contributed by atoms with Gasteiger partial charge in [-0.05, 0) is 32.1 Å². The summed E-state index contributed by atoms with van der Waals surface area (Å²) in [5, 5.41) is 9.27. The maximum Gasteiger partial charge on any atom is 0.310 e. The third kappa shape index (κ3) is 5.70.